The molecule has 3 heteroatoms. The van der Waals surface area contributed by atoms with Gasteiger partial charge in [0.05, 0.1) is 13.2 Å². The maximum Gasteiger partial charge on any atom is 0.0632 e. The van der Waals surface area contributed by atoms with Gasteiger partial charge in [-0.05, 0) is 11.8 Å². The summed E-state index contributed by atoms with van der Waals surface area (Å²) in [4.78, 5) is 2.53. The summed E-state index contributed by atoms with van der Waals surface area (Å²) in [7, 11) is 0. The third kappa shape index (κ3) is 3.80. The lowest BCUT2D eigenvalue weighted by atomic mass is 9.83. The summed E-state index contributed by atoms with van der Waals surface area (Å²) in [6.45, 7) is 13.1. The second kappa shape index (κ2) is 5.51. The minimum absolute atomic E-state index is 0.346. The Morgan fingerprint density at radius 1 is 1.47 bits per heavy atom. The van der Waals surface area contributed by atoms with E-state index in [-0.39, 0.29) is 0 Å². The molecule has 2 aliphatic rings. The van der Waals surface area contributed by atoms with E-state index in [9.17, 15) is 0 Å². The van der Waals surface area contributed by atoms with Crippen LogP contribution in [0, 0.1) is 5.41 Å². The lowest BCUT2D eigenvalue weighted by molar-refractivity contribution is 0.0627. The molecule has 17 heavy (non-hydrogen) atoms. The van der Waals surface area contributed by atoms with E-state index in [2.05, 4.69) is 37.1 Å². The Kier molecular flexibility index (Phi) is 4.23. The molecule has 1 unspecified atom stereocenters. The van der Waals surface area contributed by atoms with Crippen LogP contribution in [0.3, 0.4) is 0 Å². The normalized spacial score (nSPS) is 27.9. The fourth-order valence-corrected chi connectivity index (χ4v) is 2.61. The Morgan fingerprint density at radius 3 is 2.82 bits per heavy atom. The number of hydrogen-bond acceptors (Lipinski definition) is 3. The first-order chi connectivity index (χ1) is 8.05. The zero-order valence-corrected chi connectivity index (χ0v) is 11.5. The number of hydrogen-bond donors (Lipinski definition) is 1. The van der Waals surface area contributed by atoms with Crippen LogP contribution in [0.1, 0.15) is 27.2 Å². The summed E-state index contributed by atoms with van der Waals surface area (Å²) < 4.78 is 5.49. The molecule has 0 bridgehead atoms. The van der Waals surface area contributed by atoms with Crippen LogP contribution in [0.2, 0.25) is 0 Å². The lowest BCUT2D eigenvalue weighted by Crippen LogP contribution is -2.49. The predicted molar refractivity (Wildman–Crippen MR) is 71.2 cm³/mol. The van der Waals surface area contributed by atoms with Gasteiger partial charge < -0.3 is 10.1 Å². The SMILES string of the molecule is CC(C)(C)C1=CCN(CC2COCCN2)CC1. The van der Waals surface area contributed by atoms with Crippen molar-refractivity contribution in [3.8, 4) is 0 Å². The molecule has 1 N–H and O–H groups in total. The summed E-state index contributed by atoms with van der Waals surface area (Å²) >= 11 is 0. The maximum absolute atomic E-state index is 5.49. The largest absolute Gasteiger partial charge is 0.378 e. The van der Waals surface area contributed by atoms with Crippen LogP contribution in [-0.2, 0) is 4.74 Å². The van der Waals surface area contributed by atoms with Gasteiger partial charge in [-0.25, -0.2) is 0 Å². The molecule has 0 aromatic carbocycles. The predicted octanol–water partition coefficient (Wildman–Crippen LogP) is 1.65. The van der Waals surface area contributed by atoms with Crippen LogP contribution in [0.5, 0.6) is 0 Å². The van der Waals surface area contributed by atoms with Gasteiger partial charge in [-0.1, -0.05) is 32.4 Å². The van der Waals surface area contributed by atoms with Crippen molar-refractivity contribution < 1.29 is 4.74 Å². The van der Waals surface area contributed by atoms with Crippen molar-refractivity contribution in [2.75, 3.05) is 39.4 Å². The molecule has 0 aliphatic carbocycles. The molecular formula is C14H26N2O. The third-order valence-corrected chi connectivity index (χ3v) is 3.73. The van der Waals surface area contributed by atoms with E-state index in [4.69, 9.17) is 4.74 Å². The minimum Gasteiger partial charge on any atom is -0.378 e. The van der Waals surface area contributed by atoms with E-state index in [0.29, 0.717) is 11.5 Å². The molecule has 2 heterocycles. The average molecular weight is 238 g/mol. The highest BCUT2D eigenvalue weighted by Crippen LogP contribution is 2.29. The van der Waals surface area contributed by atoms with E-state index in [1.165, 1.54) is 13.0 Å². The van der Waals surface area contributed by atoms with Gasteiger partial charge in [0.25, 0.3) is 0 Å². The number of nitrogens with one attached hydrogen (secondary N) is 1. The zero-order valence-electron chi connectivity index (χ0n) is 11.5. The van der Waals surface area contributed by atoms with Crippen molar-refractivity contribution in [2.24, 2.45) is 5.41 Å². The summed E-state index contributed by atoms with van der Waals surface area (Å²) in [5.41, 5.74) is 1.96. The molecular weight excluding hydrogens is 212 g/mol. The van der Waals surface area contributed by atoms with E-state index >= 15 is 0 Å². The highest BCUT2D eigenvalue weighted by atomic mass is 16.5. The molecule has 0 aromatic heterocycles. The van der Waals surface area contributed by atoms with Crippen LogP contribution in [-0.4, -0.2) is 50.3 Å². The van der Waals surface area contributed by atoms with Gasteiger partial charge in [0.15, 0.2) is 0 Å². The first-order valence-electron chi connectivity index (χ1n) is 6.79. The Balaban J connectivity index is 1.80. The monoisotopic (exact) mass is 238 g/mol. The molecule has 2 aliphatic heterocycles. The van der Waals surface area contributed by atoms with Crippen molar-refractivity contribution in [3.63, 3.8) is 0 Å². The van der Waals surface area contributed by atoms with Crippen LogP contribution in [0.15, 0.2) is 11.6 Å². The Hall–Kier alpha value is -0.380. The summed E-state index contributed by atoms with van der Waals surface area (Å²) in [5, 5.41) is 3.52. The van der Waals surface area contributed by atoms with Crippen molar-refractivity contribution in [1.29, 1.82) is 0 Å². The molecule has 98 valence electrons. The second-order valence-corrected chi connectivity index (χ2v) is 6.21. The molecule has 1 atom stereocenters. The van der Waals surface area contributed by atoms with Crippen LogP contribution >= 0.6 is 0 Å². The molecule has 0 amide bonds. The Labute approximate surface area is 105 Å². The van der Waals surface area contributed by atoms with Crippen LogP contribution in [0.25, 0.3) is 0 Å². The highest BCUT2D eigenvalue weighted by Gasteiger charge is 2.23. The van der Waals surface area contributed by atoms with Gasteiger partial charge in [-0.3, -0.25) is 4.90 Å². The quantitative estimate of drug-likeness (QED) is 0.740. The van der Waals surface area contributed by atoms with Crippen molar-refractivity contribution in [3.05, 3.63) is 11.6 Å². The zero-order chi connectivity index (χ0) is 12.3. The topological polar surface area (TPSA) is 24.5 Å². The molecule has 2 rings (SSSR count). The first-order valence-corrected chi connectivity index (χ1v) is 6.79. The van der Waals surface area contributed by atoms with E-state index < -0.39 is 0 Å². The molecule has 1 saturated heterocycles. The number of ether oxygens (including phenoxy) is 1. The number of rotatable bonds is 2. The van der Waals surface area contributed by atoms with E-state index in [1.807, 2.05) is 0 Å². The van der Waals surface area contributed by atoms with Gasteiger partial charge in [-0.15, -0.1) is 0 Å². The summed E-state index contributed by atoms with van der Waals surface area (Å²) in [5.74, 6) is 0. The van der Waals surface area contributed by atoms with Gasteiger partial charge >= 0.3 is 0 Å². The van der Waals surface area contributed by atoms with E-state index in [1.54, 1.807) is 5.57 Å². The lowest BCUT2D eigenvalue weighted by Gasteiger charge is -2.35. The molecule has 3 nitrogen and oxygen atoms in total. The Bertz CT molecular complexity index is 274. The first kappa shape index (κ1) is 13.1. The van der Waals surface area contributed by atoms with Gasteiger partial charge in [-0.2, -0.15) is 0 Å². The van der Waals surface area contributed by atoms with Crippen molar-refractivity contribution in [1.82, 2.24) is 10.2 Å². The van der Waals surface area contributed by atoms with Crippen molar-refractivity contribution >= 4 is 0 Å². The fraction of sp³-hybridized carbons (Fsp3) is 0.857. The molecule has 1 fully saturated rings. The summed E-state index contributed by atoms with van der Waals surface area (Å²) in [6, 6.07) is 0.522. The maximum atomic E-state index is 5.49. The van der Waals surface area contributed by atoms with Gasteiger partial charge in [0.1, 0.15) is 0 Å². The molecule has 0 spiro atoms. The number of morpholine rings is 1. The van der Waals surface area contributed by atoms with Crippen molar-refractivity contribution in [2.45, 2.75) is 33.2 Å². The standard InChI is InChI=1S/C14H26N2O/c1-14(2,3)12-4-7-16(8-5-12)10-13-11-17-9-6-15-13/h4,13,15H,5-11H2,1-3H3. The third-order valence-electron chi connectivity index (χ3n) is 3.73. The fourth-order valence-electron chi connectivity index (χ4n) is 2.61. The Morgan fingerprint density at radius 2 is 2.29 bits per heavy atom. The minimum atomic E-state index is 0.346. The molecule has 0 radical (unpaired) electrons. The van der Waals surface area contributed by atoms with E-state index in [0.717, 1.165) is 32.8 Å². The number of nitrogens with zero attached hydrogens (tertiary/aromatic N) is 1. The summed E-state index contributed by atoms with van der Waals surface area (Å²) in [6.07, 6.45) is 3.64. The molecule has 0 aromatic rings. The van der Waals surface area contributed by atoms with Gasteiger partial charge in [0, 0.05) is 32.2 Å². The van der Waals surface area contributed by atoms with Crippen LogP contribution in [0.4, 0.5) is 0 Å². The van der Waals surface area contributed by atoms with Gasteiger partial charge in [0.2, 0.25) is 0 Å². The highest BCUT2D eigenvalue weighted by molar-refractivity contribution is 5.14. The van der Waals surface area contributed by atoms with Crippen LogP contribution < -0.4 is 5.32 Å². The molecule has 0 saturated carbocycles. The second-order valence-electron chi connectivity index (χ2n) is 6.21. The smallest absolute Gasteiger partial charge is 0.0632 e. The average Bonchev–Trinajstić information content (AvgIpc) is 2.30.